The van der Waals surface area contributed by atoms with Crippen LogP contribution in [-0.4, -0.2) is 30.1 Å². The second kappa shape index (κ2) is 7.50. The van der Waals surface area contributed by atoms with Gasteiger partial charge in [-0.2, -0.15) is 5.26 Å². The lowest BCUT2D eigenvalue weighted by Crippen LogP contribution is -2.39. The van der Waals surface area contributed by atoms with E-state index in [-0.39, 0.29) is 11.7 Å². The van der Waals surface area contributed by atoms with Gasteiger partial charge in [0.15, 0.2) is 5.78 Å². The van der Waals surface area contributed by atoms with Crippen molar-refractivity contribution in [1.82, 2.24) is 4.98 Å². The van der Waals surface area contributed by atoms with E-state index >= 15 is 0 Å². The van der Waals surface area contributed by atoms with E-state index in [1.165, 1.54) is 0 Å². The van der Waals surface area contributed by atoms with Crippen molar-refractivity contribution >= 4 is 23.4 Å². The van der Waals surface area contributed by atoms with E-state index in [0.29, 0.717) is 12.2 Å². The van der Waals surface area contributed by atoms with Crippen LogP contribution in [0.2, 0.25) is 0 Å². The molecule has 1 fully saturated rings. The zero-order valence-corrected chi connectivity index (χ0v) is 14.4. The minimum Gasteiger partial charge on any atom is -0.356 e. The molecule has 1 aromatic carbocycles. The van der Waals surface area contributed by atoms with Gasteiger partial charge in [0.05, 0.1) is 0 Å². The largest absolute Gasteiger partial charge is 0.356 e. The Labute approximate surface area is 146 Å². The van der Waals surface area contributed by atoms with Gasteiger partial charge in [-0.05, 0) is 43.4 Å². The topological polar surface area (TPSA) is 57.0 Å². The number of Topliss-reactive ketones (excluding diaryl/α,β-unsaturated/α-hetero) is 1. The molecule has 2 heterocycles. The maximum Gasteiger partial charge on any atom is 0.167 e. The first-order valence-electron chi connectivity index (χ1n) is 8.01. The zero-order valence-electron chi connectivity index (χ0n) is 13.6. The Bertz CT molecular complexity index is 767. The number of thioether (sulfide) groups is 1. The molecule has 0 aliphatic carbocycles. The summed E-state index contributed by atoms with van der Waals surface area (Å²) in [6.07, 6.45) is 3.88. The van der Waals surface area contributed by atoms with E-state index in [9.17, 15) is 4.79 Å². The van der Waals surface area contributed by atoms with E-state index in [1.807, 2.05) is 42.7 Å². The zero-order chi connectivity index (χ0) is 16.9. The predicted molar refractivity (Wildman–Crippen MR) is 96.4 cm³/mol. The number of piperidine rings is 1. The molecule has 0 unspecified atom stereocenters. The van der Waals surface area contributed by atoms with Gasteiger partial charge in [-0.1, -0.05) is 18.2 Å². The molecule has 1 aromatic heterocycles. The standard InChI is InChI=1S/C19H19N3OS/c1-24-17-9-7-14(8-10-17)19(23)15-4-3-11-22(13-15)18-6-2-5-16(12-20)21-18/h2,5-10,15H,3-4,11,13H2,1H3/t15-/m0/s1. The molecular formula is C19H19N3OS. The first kappa shape index (κ1) is 16.5. The average Bonchev–Trinajstić information content (AvgIpc) is 2.67. The molecule has 3 rings (SSSR count). The summed E-state index contributed by atoms with van der Waals surface area (Å²) < 4.78 is 0. The quantitative estimate of drug-likeness (QED) is 0.628. The molecule has 0 amide bonds. The maximum absolute atomic E-state index is 12.8. The lowest BCUT2D eigenvalue weighted by molar-refractivity contribution is 0.0907. The Morgan fingerprint density at radius 1 is 1.29 bits per heavy atom. The number of carbonyl (C=O) groups is 1. The van der Waals surface area contributed by atoms with E-state index in [4.69, 9.17) is 5.26 Å². The van der Waals surface area contributed by atoms with Crippen molar-refractivity contribution in [3.05, 3.63) is 53.7 Å². The fourth-order valence-electron chi connectivity index (χ4n) is 3.05. The van der Waals surface area contributed by atoms with Crippen LogP contribution in [0.1, 0.15) is 28.9 Å². The Hall–Kier alpha value is -2.32. The molecule has 5 heteroatoms. The summed E-state index contributed by atoms with van der Waals surface area (Å²) in [6, 6.07) is 15.3. The third kappa shape index (κ3) is 3.60. The van der Waals surface area contributed by atoms with Crippen LogP contribution >= 0.6 is 11.8 Å². The number of pyridine rings is 1. The predicted octanol–water partition coefficient (Wildman–Crippen LogP) is 3.77. The van der Waals surface area contributed by atoms with Crippen LogP contribution in [-0.2, 0) is 0 Å². The molecule has 0 saturated carbocycles. The van der Waals surface area contributed by atoms with Crippen LogP contribution in [0.25, 0.3) is 0 Å². The summed E-state index contributed by atoms with van der Waals surface area (Å²) in [5.74, 6) is 0.958. The Morgan fingerprint density at radius 2 is 2.08 bits per heavy atom. The van der Waals surface area contributed by atoms with Crippen LogP contribution in [0.4, 0.5) is 5.82 Å². The van der Waals surface area contributed by atoms with Crippen LogP contribution in [0.3, 0.4) is 0 Å². The number of hydrogen-bond acceptors (Lipinski definition) is 5. The third-order valence-electron chi connectivity index (χ3n) is 4.34. The number of anilines is 1. The van der Waals surface area contributed by atoms with Crippen molar-refractivity contribution in [3.63, 3.8) is 0 Å². The summed E-state index contributed by atoms with van der Waals surface area (Å²) in [4.78, 5) is 20.4. The molecule has 1 atom stereocenters. The van der Waals surface area contributed by atoms with Gasteiger partial charge in [-0.25, -0.2) is 4.98 Å². The van der Waals surface area contributed by atoms with E-state index in [0.717, 1.165) is 35.7 Å². The Kier molecular flexibility index (Phi) is 5.17. The monoisotopic (exact) mass is 337 g/mol. The van der Waals surface area contributed by atoms with E-state index in [2.05, 4.69) is 16.0 Å². The van der Waals surface area contributed by atoms with Gasteiger partial charge in [-0.15, -0.1) is 11.8 Å². The molecule has 0 spiro atoms. The number of hydrogen-bond donors (Lipinski definition) is 0. The normalized spacial score (nSPS) is 17.3. The summed E-state index contributed by atoms with van der Waals surface area (Å²) >= 11 is 1.67. The molecule has 2 aromatic rings. The third-order valence-corrected chi connectivity index (χ3v) is 5.08. The van der Waals surface area contributed by atoms with E-state index in [1.54, 1.807) is 17.8 Å². The molecule has 122 valence electrons. The lowest BCUT2D eigenvalue weighted by Gasteiger charge is -2.33. The number of aromatic nitrogens is 1. The Morgan fingerprint density at radius 3 is 2.79 bits per heavy atom. The molecule has 24 heavy (non-hydrogen) atoms. The highest BCUT2D eigenvalue weighted by Crippen LogP contribution is 2.25. The second-order valence-corrected chi connectivity index (χ2v) is 6.75. The molecule has 4 nitrogen and oxygen atoms in total. The van der Waals surface area contributed by atoms with Gasteiger partial charge in [-0.3, -0.25) is 4.79 Å². The minimum absolute atomic E-state index is 0.0218. The van der Waals surface area contributed by atoms with Gasteiger partial charge in [0.25, 0.3) is 0 Å². The smallest absolute Gasteiger partial charge is 0.167 e. The van der Waals surface area contributed by atoms with Gasteiger partial charge < -0.3 is 4.90 Å². The van der Waals surface area contributed by atoms with Gasteiger partial charge in [0.1, 0.15) is 17.6 Å². The van der Waals surface area contributed by atoms with Crippen molar-refractivity contribution in [2.75, 3.05) is 24.2 Å². The molecule has 0 N–H and O–H groups in total. The lowest BCUT2D eigenvalue weighted by atomic mass is 9.90. The number of carbonyl (C=O) groups excluding carboxylic acids is 1. The summed E-state index contributed by atoms with van der Waals surface area (Å²) in [5.41, 5.74) is 1.19. The van der Waals surface area contributed by atoms with Gasteiger partial charge >= 0.3 is 0 Å². The molecule has 1 saturated heterocycles. The summed E-state index contributed by atoms with van der Waals surface area (Å²) in [5, 5.41) is 9.01. The average molecular weight is 337 g/mol. The SMILES string of the molecule is CSc1ccc(C(=O)[C@H]2CCCN(c3cccc(C#N)n3)C2)cc1. The number of rotatable bonds is 4. The highest BCUT2D eigenvalue weighted by Gasteiger charge is 2.27. The van der Waals surface area contributed by atoms with E-state index < -0.39 is 0 Å². The molecule has 1 aliphatic heterocycles. The van der Waals surface area contributed by atoms with Crippen LogP contribution < -0.4 is 4.90 Å². The van der Waals surface area contributed by atoms with Crippen molar-refractivity contribution in [1.29, 1.82) is 5.26 Å². The van der Waals surface area contributed by atoms with Crippen molar-refractivity contribution < 1.29 is 4.79 Å². The first-order valence-corrected chi connectivity index (χ1v) is 9.24. The van der Waals surface area contributed by atoms with Crippen LogP contribution in [0, 0.1) is 17.2 Å². The fraction of sp³-hybridized carbons (Fsp3) is 0.316. The van der Waals surface area contributed by atoms with Crippen molar-refractivity contribution in [3.8, 4) is 6.07 Å². The number of benzene rings is 1. The highest BCUT2D eigenvalue weighted by molar-refractivity contribution is 7.98. The molecular weight excluding hydrogens is 318 g/mol. The van der Waals surface area contributed by atoms with Crippen LogP contribution in [0.15, 0.2) is 47.4 Å². The molecule has 1 aliphatic rings. The van der Waals surface area contributed by atoms with Crippen molar-refractivity contribution in [2.45, 2.75) is 17.7 Å². The summed E-state index contributed by atoms with van der Waals surface area (Å²) in [7, 11) is 0. The Balaban J connectivity index is 1.74. The minimum atomic E-state index is -0.0218. The maximum atomic E-state index is 12.8. The second-order valence-electron chi connectivity index (χ2n) is 5.87. The summed E-state index contributed by atoms with van der Waals surface area (Å²) in [6.45, 7) is 1.53. The molecule has 0 radical (unpaired) electrons. The first-order chi connectivity index (χ1) is 11.7. The van der Waals surface area contributed by atoms with Crippen LogP contribution in [0.5, 0.6) is 0 Å². The van der Waals surface area contributed by atoms with Crippen molar-refractivity contribution in [2.24, 2.45) is 5.92 Å². The molecule has 0 bridgehead atoms. The van der Waals surface area contributed by atoms with Gasteiger partial charge in [0.2, 0.25) is 0 Å². The van der Waals surface area contributed by atoms with Gasteiger partial charge in [0, 0.05) is 29.5 Å². The number of nitriles is 1. The number of ketones is 1. The number of nitrogens with zero attached hydrogens (tertiary/aromatic N) is 3. The fourth-order valence-corrected chi connectivity index (χ4v) is 3.46. The highest BCUT2D eigenvalue weighted by atomic mass is 32.2.